The highest BCUT2D eigenvalue weighted by atomic mass is 16.5. The van der Waals surface area contributed by atoms with E-state index < -0.39 is 11.9 Å². The van der Waals surface area contributed by atoms with Crippen LogP contribution in [-0.2, 0) is 10.2 Å². The number of fused-ring (bicyclic) bond motifs is 1. The van der Waals surface area contributed by atoms with Gasteiger partial charge in [-0.15, -0.1) is 0 Å². The summed E-state index contributed by atoms with van der Waals surface area (Å²) in [6.45, 7) is 10.2. The zero-order valence-electron chi connectivity index (χ0n) is 24.9. The average Bonchev–Trinajstić information content (AvgIpc) is 3.28. The quantitative estimate of drug-likeness (QED) is 0.158. The molecule has 0 aliphatic carbocycles. The number of ether oxygens (including phenoxy) is 2. The summed E-state index contributed by atoms with van der Waals surface area (Å²) in [5.41, 5.74) is 4.88. The van der Waals surface area contributed by atoms with Crippen LogP contribution in [0.15, 0.2) is 97.1 Å². The van der Waals surface area contributed by atoms with Crippen molar-refractivity contribution in [3.05, 3.63) is 125 Å². The molecule has 43 heavy (non-hydrogen) atoms. The molecule has 7 heteroatoms. The fourth-order valence-electron chi connectivity index (χ4n) is 5.08. The maximum atomic E-state index is 13.4. The molecule has 0 spiro atoms. The van der Waals surface area contributed by atoms with E-state index in [4.69, 9.17) is 9.47 Å². The first-order valence-electron chi connectivity index (χ1n) is 14.2. The molecular weight excluding hydrogens is 540 g/mol. The summed E-state index contributed by atoms with van der Waals surface area (Å²) in [5, 5.41) is 3.45. The van der Waals surface area contributed by atoms with Crippen LogP contribution in [0.3, 0.4) is 0 Å². The van der Waals surface area contributed by atoms with E-state index in [1.807, 2.05) is 60.0 Å². The minimum atomic E-state index is -0.643. The number of esters is 2. The summed E-state index contributed by atoms with van der Waals surface area (Å²) >= 11 is 0. The second-order valence-electron chi connectivity index (χ2n) is 11.2. The van der Waals surface area contributed by atoms with E-state index in [2.05, 4.69) is 26.1 Å². The molecular formula is C36H34N2O5. The van der Waals surface area contributed by atoms with E-state index in [1.165, 1.54) is 0 Å². The molecule has 218 valence electrons. The standard InChI is InChI=1S/C36H34N2O5/c1-6-42-35(41)32-23(2)38(26-12-8-7-9-13-26)31-21-20-27(22-29(31)32)43-34(40)28-14-10-11-15-30(28)37-33(39)24-16-18-25(19-17-24)36(3,4)5/h7-22H,6H2,1-5H3,(H,37,39). The van der Waals surface area contributed by atoms with E-state index in [0.717, 1.165) is 16.8 Å². The summed E-state index contributed by atoms with van der Waals surface area (Å²) in [6.07, 6.45) is 0. The number of hydrogen-bond acceptors (Lipinski definition) is 5. The number of rotatable bonds is 7. The van der Waals surface area contributed by atoms with Gasteiger partial charge in [0.1, 0.15) is 5.75 Å². The first-order valence-corrected chi connectivity index (χ1v) is 14.2. The first kappa shape index (κ1) is 29.3. The maximum absolute atomic E-state index is 13.4. The molecule has 0 unspecified atom stereocenters. The van der Waals surface area contributed by atoms with Gasteiger partial charge in [-0.05, 0) is 79.4 Å². The molecule has 7 nitrogen and oxygen atoms in total. The Hall–Kier alpha value is -5.17. The number of carbonyl (C=O) groups is 3. The Kier molecular flexibility index (Phi) is 8.17. The normalized spacial score (nSPS) is 11.3. The third kappa shape index (κ3) is 6.06. The molecule has 0 radical (unpaired) electrons. The Morgan fingerprint density at radius 3 is 2.16 bits per heavy atom. The topological polar surface area (TPSA) is 86.6 Å². The largest absolute Gasteiger partial charge is 0.462 e. The van der Waals surface area contributed by atoms with Gasteiger partial charge in [-0.3, -0.25) is 4.79 Å². The van der Waals surface area contributed by atoms with E-state index in [0.29, 0.717) is 27.9 Å². The Balaban J connectivity index is 1.44. The Labute approximate surface area is 251 Å². The smallest absolute Gasteiger partial charge is 0.345 e. The van der Waals surface area contributed by atoms with Crippen LogP contribution in [0.4, 0.5) is 5.69 Å². The molecule has 0 aliphatic rings. The molecule has 4 aromatic carbocycles. The fourth-order valence-corrected chi connectivity index (χ4v) is 5.08. The zero-order chi connectivity index (χ0) is 30.7. The lowest BCUT2D eigenvalue weighted by molar-refractivity contribution is 0.0527. The lowest BCUT2D eigenvalue weighted by atomic mass is 9.87. The van der Waals surface area contributed by atoms with Crippen molar-refractivity contribution in [3.63, 3.8) is 0 Å². The van der Waals surface area contributed by atoms with Gasteiger partial charge in [0, 0.05) is 22.3 Å². The van der Waals surface area contributed by atoms with Gasteiger partial charge in [-0.1, -0.05) is 63.2 Å². The van der Waals surface area contributed by atoms with Crippen molar-refractivity contribution in [1.29, 1.82) is 0 Å². The molecule has 0 saturated heterocycles. The van der Waals surface area contributed by atoms with Gasteiger partial charge in [0.25, 0.3) is 5.91 Å². The second kappa shape index (κ2) is 12.0. The Bertz CT molecular complexity index is 1810. The first-order chi connectivity index (χ1) is 20.6. The highest BCUT2D eigenvalue weighted by molar-refractivity contribution is 6.09. The third-order valence-corrected chi connectivity index (χ3v) is 7.29. The second-order valence-corrected chi connectivity index (χ2v) is 11.2. The summed E-state index contributed by atoms with van der Waals surface area (Å²) < 4.78 is 13.1. The maximum Gasteiger partial charge on any atom is 0.345 e. The predicted octanol–water partition coefficient (Wildman–Crippen LogP) is 7.88. The number of carbonyl (C=O) groups excluding carboxylic acids is 3. The number of nitrogens with one attached hydrogen (secondary N) is 1. The molecule has 0 atom stereocenters. The summed E-state index contributed by atoms with van der Waals surface area (Å²) in [5.74, 6) is -1.17. The van der Waals surface area contributed by atoms with Crippen LogP contribution >= 0.6 is 0 Å². The van der Waals surface area contributed by atoms with Gasteiger partial charge < -0.3 is 19.4 Å². The van der Waals surface area contributed by atoms with Gasteiger partial charge >= 0.3 is 11.9 Å². The number of nitrogens with zero attached hydrogens (tertiary/aromatic N) is 1. The van der Waals surface area contributed by atoms with Crippen molar-refractivity contribution in [2.75, 3.05) is 11.9 Å². The number of amides is 1. The van der Waals surface area contributed by atoms with Crippen LogP contribution in [0.2, 0.25) is 0 Å². The summed E-state index contributed by atoms with van der Waals surface area (Å²) in [7, 11) is 0. The molecule has 1 N–H and O–H groups in total. The van der Waals surface area contributed by atoms with E-state index >= 15 is 0 Å². The Morgan fingerprint density at radius 2 is 1.49 bits per heavy atom. The number of para-hydroxylation sites is 2. The number of benzene rings is 4. The van der Waals surface area contributed by atoms with Gasteiger partial charge in [0.05, 0.1) is 28.9 Å². The SMILES string of the molecule is CCOC(=O)c1c(C)n(-c2ccccc2)c2ccc(OC(=O)c3ccccc3NC(=O)c3ccc(C(C)(C)C)cc3)cc12. The fraction of sp³-hybridized carbons (Fsp3) is 0.194. The van der Waals surface area contributed by atoms with Crippen molar-refractivity contribution in [2.24, 2.45) is 0 Å². The third-order valence-electron chi connectivity index (χ3n) is 7.29. The number of anilines is 1. The van der Waals surface area contributed by atoms with Crippen molar-refractivity contribution >= 4 is 34.4 Å². The number of hydrogen-bond donors (Lipinski definition) is 1. The minimum Gasteiger partial charge on any atom is -0.462 e. The van der Waals surface area contributed by atoms with Crippen molar-refractivity contribution < 1.29 is 23.9 Å². The molecule has 0 fully saturated rings. The van der Waals surface area contributed by atoms with E-state index in [1.54, 1.807) is 55.5 Å². The van der Waals surface area contributed by atoms with Gasteiger partial charge in [0.2, 0.25) is 0 Å². The van der Waals surface area contributed by atoms with Gasteiger partial charge in [-0.2, -0.15) is 0 Å². The molecule has 5 aromatic rings. The monoisotopic (exact) mass is 574 g/mol. The van der Waals surface area contributed by atoms with Crippen molar-refractivity contribution in [2.45, 2.75) is 40.0 Å². The van der Waals surface area contributed by atoms with Gasteiger partial charge in [-0.25, -0.2) is 9.59 Å². The highest BCUT2D eigenvalue weighted by Gasteiger charge is 2.24. The Morgan fingerprint density at radius 1 is 0.814 bits per heavy atom. The van der Waals surface area contributed by atoms with Crippen LogP contribution in [0.5, 0.6) is 5.75 Å². The van der Waals surface area contributed by atoms with Crippen LogP contribution in [0, 0.1) is 6.92 Å². The van der Waals surface area contributed by atoms with E-state index in [9.17, 15) is 14.4 Å². The van der Waals surface area contributed by atoms with Crippen molar-refractivity contribution in [3.8, 4) is 11.4 Å². The molecule has 0 aliphatic heterocycles. The highest BCUT2D eigenvalue weighted by Crippen LogP contribution is 2.33. The predicted molar refractivity (Wildman–Crippen MR) is 168 cm³/mol. The summed E-state index contributed by atoms with van der Waals surface area (Å²) in [4.78, 5) is 39.5. The van der Waals surface area contributed by atoms with Crippen LogP contribution in [-0.4, -0.2) is 29.0 Å². The molecule has 1 amide bonds. The van der Waals surface area contributed by atoms with Crippen LogP contribution < -0.4 is 10.1 Å². The minimum absolute atomic E-state index is 0.0334. The molecule has 5 rings (SSSR count). The van der Waals surface area contributed by atoms with Crippen LogP contribution in [0.1, 0.15) is 70.0 Å². The zero-order valence-corrected chi connectivity index (χ0v) is 24.9. The average molecular weight is 575 g/mol. The molecule has 1 aromatic heterocycles. The molecule has 0 bridgehead atoms. The molecule has 1 heterocycles. The van der Waals surface area contributed by atoms with Gasteiger partial charge in [0.15, 0.2) is 0 Å². The van der Waals surface area contributed by atoms with Crippen molar-refractivity contribution in [1.82, 2.24) is 4.57 Å². The summed E-state index contributed by atoms with van der Waals surface area (Å²) in [6, 6.07) is 29.0. The number of aromatic nitrogens is 1. The lowest BCUT2D eigenvalue weighted by Gasteiger charge is -2.19. The molecule has 0 saturated carbocycles. The van der Waals surface area contributed by atoms with Crippen LogP contribution in [0.25, 0.3) is 16.6 Å². The lowest BCUT2D eigenvalue weighted by Crippen LogP contribution is -2.17. The van der Waals surface area contributed by atoms with E-state index in [-0.39, 0.29) is 29.2 Å².